The lowest BCUT2D eigenvalue weighted by molar-refractivity contribution is 0.0224. The molecule has 0 saturated heterocycles. The van der Waals surface area contributed by atoms with Crippen molar-refractivity contribution in [1.82, 2.24) is 4.90 Å². The number of benzene rings is 1. The molecule has 0 unspecified atom stereocenters. The molecule has 25 heavy (non-hydrogen) atoms. The molecule has 0 aliphatic carbocycles. The standard InChI is InChI=1S/C19H31N3O3/c1-13(2)11-22(24-6)17-8-7-16(20)15-12-21(10-9-14(15)17)18(23)25-19(3,4)5/h7-8,13H,9-12,20H2,1-6H3. The highest BCUT2D eigenvalue weighted by Gasteiger charge is 2.29. The fourth-order valence-electron chi connectivity index (χ4n) is 3.00. The Morgan fingerprint density at radius 3 is 2.56 bits per heavy atom. The summed E-state index contributed by atoms with van der Waals surface area (Å²) in [6.07, 6.45) is 0.432. The molecule has 0 atom stereocenters. The number of hydrogen-bond donors (Lipinski definition) is 1. The maximum absolute atomic E-state index is 12.4. The van der Waals surface area contributed by atoms with Gasteiger partial charge in [-0.25, -0.2) is 4.79 Å². The molecular weight excluding hydrogens is 318 g/mol. The first-order valence-corrected chi connectivity index (χ1v) is 8.82. The van der Waals surface area contributed by atoms with Crippen LogP contribution in [0.25, 0.3) is 0 Å². The van der Waals surface area contributed by atoms with Crippen LogP contribution in [0.3, 0.4) is 0 Å². The van der Waals surface area contributed by atoms with E-state index in [9.17, 15) is 4.79 Å². The lowest BCUT2D eigenvalue weighted by Gasteiger charge is -2.34. The van der Waals surface area contributed by atoms with E-state index >= 15 is 0 Å². The summed E-state index contributed by atoms with van der Waals surface area (Å²) in [6.45, 7) is 11.8. The van der Waals surface area contributed by atoms with E-state index in [-0.39, 0.29) is 6.09 Å². The molecule has 1 aromatic rings. The quantitative estimate of drug-likeness (QED) is 0.665. The van der Waals surface area contributed by atoms with E-state index in [4.69, 9.17) is 15.3 Å². The number of anilines is 2. The largest absolute Gasteiger partial charge is 0.444 e. The van der Waals surface area contributed by atoms with Gasteiger partial charge in [-0.1, -0.05) is 13.8 Å². The zero-order valence-corrected chi connectivity index (χ0v) is 16.3. The van der Waals surface area contributed by atoms with Crippen molar-refractivity contribution in [2.45, 2.75) is 53.2 Å². The lowest BCUT2D eigenvalue weighted by Crippen LogP contribution is -2.40. The number of carbonyl (C=O) groups is 1. The third-order valence-corrected chi connectivity index (χ3v) is 4.10. The molecule has 1 aliphatic rings. The predicted molar refractivity (Wildman–Crippen MR) is 100 cm³/mol. The maximum atomic E-state index is 12.4. The van der Waals surface area contributed by atoms with E-state index in [1.807, 2.05) is 38.0 Å². The third-order valence-electron chi connectivity index (χ3n) is 4.10. The second-order valence-corrected chi connectivity index (χ2v) is 7.92. The summed E-state index contributed by atoms with van der Waals surface area (Å²) in [7, 11) is 1.68. The summed E-state index contributed by atoms with van der Waals surface area (Å²) >= 11 is 0. The molecule has 6 nitrogen and oxygen atoms in total. The van der Waals surface area contributed by atoms with E-state index < -0.39 is 5.60 Å². The number of hydrogen-bond acceptors (Lipinski definition) is 5. The van der Waals surface area contributed by atoms with Gasteiger partial charge in [0.1, 0.15) is 5.60 Å². The van der Waals surface area contributed by atoms with E-state index in [0.717, 1.165) is 29.8 Å². The van der Waals surface area contributed by atoms with Crippen molar-refractivity contribution in [1.29, 1.82) is 0 Å². The van der Waals surface area contributed by atoms with Gasteiger partial charge < -0.3 is 15.4 Å². The minimum atomic E-state index is -0.505. The van der Waals surface area contributed by atoms with E-state index in [1.165, 1.54) is 0 Å². The molecular formula is C19H31N3O3. The molecule has 6 heteroatoms. The van der Waals surface area contributed by atoms with Crippen LogP contribution >= 0.6 is 0 Å². The van der Waals surface area contributed by atoms with Gasteiger partial charge in [0.2, 0.25) is 0 Å². The van der Waals surface area contributed by atoms with Crippen molar-refractivity contribution in [3.63, 3.8) is 0 Å². The zero-order valence-electron chi connectivity index (χ0n) is 16.3. The highest BCUT2D eigenvalue weighted by Crippen LogP contribution is 2.34. The van der Waals surface area contributed by atoms with E-state index in [2.05, 4.69) is 13.8 Å². The summed E-state index contributed by atoms with van der Waals surface area (Å²) in [5.41, 5.74) is 9.57. The molecule has 1 heterocycles. The highest BCUT2D eigenvalue weighted by molar-refractivity contribution is 5.71. The summed E-state index contributed by atoms with van der Waals surface area (Å²) < 4.78 is 5.49. The molecule has 0 aromatic heterocycles. The third kappa shape index (κ3) is 4.78. The number of nitrogen functional groups attached to an aromatic ring is 1. The average Bonchev–Trinajstić information content (AvgIpc) is 2.51. The first kappa shape index (κ1) is 19.4. The molecule has 2 rings (SSSR count). The second-order valence-electron chi connectivity index (χ2n) is 7.92. The van der Waals surface area contributed by atoms with Gasteiger partial charge in [0.05, 0.1) is 19.3 Å². The number of nitrogens with two attached hydrogens (primary N) is 1. The molecule has 0 saturated carbocycles. The zero-order chi connectivity index (χ0) is 18.8. The molecule has 0 bridgehead atoms. The first-order chi connectivity index (χ1) is 11.6. The van der Waals surface area contributed by atoms with Crippen LogP contribution in [-0.4, -0.2) is 36.8 Å². The SMILES string of the molecule is CON(CC(C)C)c1ccc(N)c2c1CCN(C(=O)OC(C)(C)C)C2. The molecule has 140 valence electrons. The Bertz CT molecular complexity index is 623. The van der Waals surface area contributed by atoms with Gasteiger partial charge >= 0.3 is 6.09 Å². The first-order valence-electron chi connectivity index (χ1n) is 8.82. The van der Waals surface area contributed by atoms with Crippen molar-refractivity contribution in [3.8, 4) is 0 Å². The summed E-state index contributed by atoms with van der Waals surface area (Å²) in [5, 5.41) is 1.91. The van der Waals surface area contributed by atoms with Gasteiger partial charge in [-0.2, -0.15) is 0 Å². The number of amides is 1. The van der Waals surface area contributed by atoms with Gasteiger partial charge in [0, 0.05) is 18.8 Å². The summed E-state index contributed by atoms with van der Waals surface area (Å²) in [4.78, 5) is 19.7. The van der Waals surface area contributed by atoms with Crippen molar-refractivity contribution < 1.29 is 14.4 Å². The predicted octanol–water partition coefficient (Wildman–Crippen LogP) is 3.59. The van der Waals surface area contributed by atoms with Crippen LogP contribution in [0.2, 0.25) is 0 Å². The molecule has 1 aromatic carbocycles. The number of nitrogens with zero attached hydrogens (tertiary/aromatic N) is 2. The van der Waals surface area contributed by atoms with Gasteiger partial charge in [0.25, 0.3) is 0 Å². The van der Waals surface area contributed by atoms with Crippen molar-refractivity contribution in [2.75, 3.05) is 31.0 Å². The summed E-state index contributed by atoms with van der Waals surface area (Å²) in [6, 6.07) is 3.89. The maximum Gasteiger partial charge on any atom is 0.410 e. The van der Waals surface area contributed by atoms with Gasteiger partial charge in [-0.15, -0.1) is 0 Å². The number of ether oxygens (including phenoxy) is 1. The van der Waals surface area contributed by atoms with Crippen LogP contribution in [-0.2, 0) is 22.5 Å². The van der Waals surface area contributed by atoms with Crippen LogP contribution in [0.4, 0.5) is 16.2 Å². The summed E-state index contributed by atoms with van der Waals surface area (Å²) in [5.74, 6) is 0.468. The minimum absolute atomic E-state index is 0.297. The fourth-order valence-corrected chi connectivity index (χ4v) is 3.00. The Morgan fingerprint density at radius 1 is 1.32 bits per heavy atom. The number of fused-ring (bicyclic) bond motifs is 1. The second kappa shape index (κ2) is 7.52. The van der Waals surface area contributed by atoms with Crippen molar-refractivity contribution in [2.24, 2.45) is 5.92 Å². The molecule has 2 N–H and O–H groups in total. The monoisotopic (exact) mass is 349 g/mol. The Balaban J connectivity index is 2.27. The Morgan fingerprint density at radius 2 is 2.00 bits per heavy atom. The Labute approximate surface area is 150 Å². The number of hydroxylamine groups is 1. The highest BCUT2D eigenvalue weighted by atomic mass is 16.7. The molecule has 0 spiro atoms. The molecule has 1 amide bonds. The fraction of sp³-hybridized carbons (Fsp3) is 0.632. The van der Waals surface area contributed by atoms with Crippen LogP contribution in [0.5, 0.6) is 0 Å². The number of rotatable bonds is 4. The molecule has 0 radical (unpaired) electrons. The van der Waals surface area contributed by atoms with Gasteiger partial charge in [0.15, 0.2) is 0 Å². The van der Waals surface area contributed by atoms with Gasteiger partial charge in [-0.3, -0.25) is 9.90 Å². The van der Waals surface area contributed by atoms with E-state index in [1.54, 1.807) is 12.0 Å². The van der Waals surface area contributed by atoms with Gasteiger partial charge in [-0.05, 0) is 56.4 Å². The Kier molecular flexibility index (Phi) is 5.83. The Hall–Kier alpha value is -1.95. The van der Waals surface area contributed by atoms with Crippen molar-refractivity contribution in [3.05, 3.63) is 23.3 Å². The van der Waals surface area contributed by atoms with Crippen LogP contribution in [0.1, 0.15) is 45.7 Å². The van der Waals surface area contributed by atoms with Crippen LogP contribution < -0.4 is 10.8 Å². The number of carbonyl (C=O) groups excluding carboxylic acids is 1. The average molecular weight is 349 g/mol. The van der Waals surface area contributed by atoms with Crippen LogP contribution in [0, 0.1) is 5.92 Å². The topological polar surface area (TPSA) is 68.0 Å². The lowest BCUT2D eigenvalue weighted by atomic mass is 9.96. The molecule has 0 fully saturated rings. The van der Waals surface area contributed by atoms with E-state index in [0.29, 0.717) is 24.7 Å². The van der Waals surface area contributed by atoms with Crippen molar-refractivity contribution >= 4 is 17.5 Å². The molecule has 1 aliphatic heterocycles. The minimum Gasteiger partial charge on any atom is -0.444 e. The van der Waals surface area contributed by atoms with Crippen LogP contribution in [0.15, 0.2) is 12.1 Å². The smallest absolute Gasteiger partial charge is 0.410 e. The normalized spacial score (nSPS) is 14.4.